The molecule has 0 aliphatic heterocycles. The zero-order valence-electron chi connectivity index (χ0n) is 11.7. The first-order valence-corrected chi connectivity index (χ1v) is 5.26. The van der Waals surface area contributed by atoms with Gasteiger partial charge in [-0.2, -0.15) is 0 Å². The van der Waals surface area contributed by atoms with E-state index in [9.17, 15) is 9.59 Å². The molecule has 0 rings (SSSR count). The van der Waals surface area contributed by atoms with Crippen molar-refractivity contribution in [3.05, 3.63) is 0 Å². The number of carbonyl (C=O) groups is 2. The van der Waals surface area contributed by atoms with E-state index in [1.54, 1.807) is 20.8 Å². The standard InChI is InChI=1S/C6H13NO2.C5H11NO2/c1-6(2,3)9-5(8)7-4;1-5(2,3)8-4(6)7/h1-4H3,(H,7,8);1-3H3,(H2,6,7). The van der Waals surface area contributed by atoms with Crippen molar-refractivity contribution in [1.82, 2.24) is 5.32 Å². The van der Waals surface area contributed by atoms with Crippen molar-refractivity contribution < 1.29 is 19.1 Å². The molecule has 0 spiro atoms. The summed E-state index contributed by atoms with van der Waals surface area (Å²) < 4.78 is 9.41. The molecule has 0 aliphatic carbocycles. The molecule has 0 aromatic heterocycles. The predicted molar refractivity (Wildman–Crippen MR) is 65.7 cm³/mol. The van der Waals surface area contributed by atoms with Crippen molar-refractivity contribution in [1.29, 1.82) is 0 Å². The summed E-state index contributed by atoms with van der Waals surface area (Å²) in [6.07, 6.45) is -1.11. The Bertz CT molecular complexity index is 251. The summed E-state index contributed by atoms with van der Waals surface area (Å²) in [5, 5.41) is 2.36. The first kappa shape index (κ1) is 17.9. The summed E-state index contributed by atoms with van der Waals surface area (Å²) in [5.74, 6) is 0. The lowest BCUT2D eigenvalue weighted by Crippen LogP contribution is -2.30. The Hall–Kier alpha value is -1.46. The van der Waals surface area contributed by atoms with E-state index in [4.69, 9.17) is 10.5 Å². The van der Waals surface area contributed by atoms with E-state index >= 15 is 0 Å². The van der Waals surface area contributed by atoms with Gasteiger partial charge in [0.25, 0.3) is 0 Å². The van der Waals surface area contributed by atoms with Crippen LogP contribution in [0.5, 0.6) is 0 Å². The number of nitrogens with two attached hydrogens (primary N) is 1. The van der Waals surface area contributed by atoms with Crippen LogP contribution in [-0.2, 0) is 9.47 Å². The molecule has 0 heterocycles. The number of carbonyl (C=O) groups excluding carboxylic acids is 2. The summed E-state index contributed by atoms with van der Waals surface area (Å²) in [7, 11) is 1.54. The maximum absolute atomic E-state index is 10.5. The van der Waals surface area contributed by atoms with E-state index in [2.05, 4.69) is 10.1 Å². The maximum atomic E-state index is 10.5. The van der Waals surface area contributed by atoms with Gasteiger partial charge in [-0.15, -0.1) is 0 Å². The van der Waals surface area contributed by atoms with Gasteiger partial charge in [0.2, 0.25) is 0 Å². The van der Waals surface area contributed by atoms with E-state index in [1.165, 1.54) is 7.05 Å². The van der Waals surface area contributed by atoms with Crippen molar-refractivity contribution in [2.24, 2.45) is 5.73 Å². The van der Waals surface area contributed by atoms with Crippen LogP contribution in [0.1, 0.15) is 41.5 Å². The van der Waals surface area contributed by atoms with E-state index in [-0.39, 0.29) is 11.7 Å². The normalized spacial score (nSPS) is 10.8. The minimum Gasteiger partial charge on any atom is -0.444 e. The fraction of sp³-hybridized carbons (Fsp3) is 0.818. The Labute approximate surface area is 103 Å². The molecule has 0 saturated carbocycles. The average molecular weight is 248 g/mol. The lowest BCUT2D eigenvalue weighted by molar-refractivity contribution is 0.0539. The zero-order chi connectivity index (χ0) is 14.3. The van der Waals surface area contributed by atoms with Crippen molar-refractivity contribution in [2.75, 3.05) is 7.05 Å². The molecule has 6 heteroatoms. The quantitative estimate of drug-likeness (QED) is 0.686. The second-order valence-corrected chi connectivity index (χ2v) is 5.29. The molecule has 17 heavy (non-hydrogen) atoms. The third-order valence-electron chi connectivity index (χ3n) is 1.01. The maximum Gasteiger partial charge on any atom is 0.407 e. The van der Waals surface area contributed by atoms with Crippen molar-refractivity contribution in [3.63, 3.8) is 0 Å². The number of alkyl carbamates (subject to hydrolysis) is 1. The molecule has 2 amide bonds. The largest absolute Gasteiger partial charge is 0.444 e. The van der Waals surface area contributed by atoms with Gasteiger partial charge >= 0.3 is 12.2 Å². The van der Waals surface area contributed by atoms with Crippen LogP contribution in [-0.4, -0.2) is 30.4 Å². The summed E-state index contributed by atoms with van der Waals surface area (Å²) >= 11 is 0. The molecule has 0 radical (unpaired) electrons. The van der Waals surface area contributed by atoms with Gasteiger partial charge in [-0.1, -0.05) is 0 Å². The molecule has 0 aromatic rings. The van der Waals surface area contributed by atoms with E-state index in [0.717, 1.165) is 0 Å². The molecular formula is C11H24N2O4. The fourth-order valence-corrected chi connectivity index (χ4v) is 0.631. The Morgan fingerprint density at radius 3 is 1.35 bits per heavy atom. The third-order valence-corrected chi connectivity index (χ3v) is 1.01. The van der Waals surface area contributed by atoms with Gasteiger partial charge in [0.15, 0.2) is 0 Å². The van der Waals surface area contributed by atoms with Crippen LogP contribution in [0.2, 0.25) is 0 Å². The van der Waals surface area contributed by atoms with E-state index in [1.807, 2.05) is 20.8 Å². The molecule has 0 unspecified atom stereocenters. The monoisotopic (exact) mass is 248 g/mol. The van der Waals surface area contributed by atoms with Crippen LogP contribution in [0.25, 0.3) is 0 Å². The SMILES string of the molecule is CC(C)(C)OC(N)=O.CNC(=O)OC(C)(C)C. The number of ether oxygens (including phenoxy) is 2. The van der Waals surface area contributed by atoms with Crippen molar-refractivity contribution in [3.8, 4) is 0 Å². The van der Waals surface area contributed by atoms with Crippen LogP contribution >= 0.6 is 0 Å². The Morgan fingerprint density at radius 1 is 0.941 bits per heavy atom. The molecule has 0 atom stereocenters. The highest BCUT2D eigenvalue weighted by Gasteiger charge is 2.14. The third kappa shape index (κ3) is 20.6. The highest BCUT2D eigenvalue weighted by Crippen LogP contribution is 2.05. The predicted octanol–water partition coefficient (Wildman–Crippen LogP) is 2.02. The summed E-state index contributed by atoms with van der Waals surface area (Å²) in [4.78, 5) is 20.5. The molecule has 0 aromatic carbocycles. The summed E-state index contributed by atoms with van der Waals surface area (Å²) in [6.45, 7) is 10.8. The van der Waals surface area contributed by atoms with Crippen molar-refractivity contribution in [2.45, 2.75) is 52.7 Å². The number of hydrogen-bond acceptors (Lipinski definition) is 4. The second-order valence-electron chi connectivity index (χ2n) is 5.29. The second kappa shape index (κ2) is 6.98. The summed E-state index contributed by atoms with van der Waals surface area (Å²) in [6, 6.07) is 0. The van der Waals surface area contributed by atoms with Crippen LogP contribution in [0.3, 0.4) is 0 Å². The number of hydrogen-bond donors (Lipinski definition) is 2. The van der Waals surface area contributed by atoms with Crippen molar-refractivity contribution >= 4 is 12.2 Å². The van der Waals surface area contributed by atoms with Crippen LogP contribution in [0, 0.1) is 0 Å². The summed E-state index contributed by atoms with van der Waals surface area (Å²) in [5.41, 5.74) is 3.88. The minimum atomic E-state index is -0.725. The van der Waals surface area contributed by atoms with Gasteiger partial charge in [-0.05, 0) is 41.5 Å². The van der Waals surface area contributed by atoms with Gasteiger partial charge in [-0.3, -0.25) is 0 Å². The number of nitrogens with one attached hydrogen (secondary N) is 1. The topological polar surface area (TPSA) is 90.6 Å². The van der Waals surface area contributed by atoms with Gasteiger partial charge in [-0.25, -0.2) is 9.59 Å². The molecule has 102 valence electrons. The Balaban J connectivity index is 0. The lowest BCUT2D eigenvalue weighted by atomic mass is 10.2. The highest BCUT2D eigenvalue weighted by molar-refractivity contribution is 5.67. The Kier molecular flexibility index (Phi) is 7.36. The first-order chi connectivity index (χ1) is 7.37. The van der Waals surface area contributed by atoms with Gasteiger partial charge in [0.05, 0.1) is 0 Å². The Morgan fingerprint density at radius 2 is 1.29 bits per heavy atom. The zero-order valence-corrected chi connectivity index (χ0v) is 11.7. The van der Waals surface area contributed by atoms with Gasteiger partial charge < -0.3 is 20.5 Å². The molecule has 0 fully saturated rings. The highest BCUT2D eigenvalue weighted by atomic mass is 16.6. The molecule has 0 aliphatic rings. The number of amides is 2. The average Bonchev–Trinajstić information content (AvgIpc) is 1.96. The molecule has 0 bridgehead atoms. The molecule has 0 saturated heterocycles. The minimum absolute atomic E-state index is 0.387. The fourth-order valence-electron chi connectivity index (χ4n) is 0.631. The number of rotatable bonds is 0. The van der Waals surface area contributed by atoms with Crippen LogP contribution in [0.15, 0.2) is 0 Å². The van der Waals surface area contributed by atoms with E-state index < -0.39 is 11.7 Å². The number of primary amides is 1. The first-order valence-electron chi connectivity index (χ1n) is 5.26. The molecular weight excluding hydrogens is 224 g/mol. The smallest absolute Gasteiger partial charge is 0.407 e. The lowest BCUT2D eigenvalue weighted by Gasteiger charge is -2.18. The van der Waals surface area contributed by atoms with Gasteiger partial charge in [0.1, 0.15) is 11.2 Å². The van der Waals surface area contributed by atoms with Crippen LogP contribution in [0.4, 0.5) is 9.59 Å². The molecule has 6 nitrogen and oxygen atoms in total. The van der Waals surface area contributed by atoms with E-state index in [0.29, 0.717) is 0 Å². The molecule has 3 N–H and O–H groups in total. The van der Waals surface area contributed by atoms with Gasteiger partial charge in [0, 0.05) is 7.05 Å². The van der Waals surface area contributed by atoms with Crippen LogP contribution < -0.4 is 11.1 Å².